The molecule has 0 aliphatic heterocycles. The molecule has 0 bridgehead atoms. The van der Waals surface area contributed by atoms with E-state index in [4.69, 9.17) is 0 Å². The van der Waals surface area contributed by atoms with Gasteiger partial charge in [0.1, 0.15) is 0 Å². The average molecular weight is 372 g/mol. The second-order valence-corrected chi connectivity index (χ2v) is 7.24. The van der Waals surface area contributed by atoms with Crippen molar-refractivity contribution in [1.82, 2.24) is 5.32 Å². The van der Waals surface area contributed by atoms with Gasteiger partial charge in [0.2, 0.25) is 0 Å². The topological polar surface area (TPSA) is 36.4 Å². The van der Waals surface area contributed by atoms with Crippen LogP contribution >= 0.6 is 8.37 Å². The van der Waals surface area contributed by atoms with Crippen LogP contribution in [0.5, 0.6) is 0 Å². The molecular weight excluding hydrogens is 337 g/mol. The van der Waals surface area contributed by atoms with Gasteiger partial charge >= 0.3 is 0 Å². The summed E-state index contributed by atoms with van der Waals surface area (Å²) >= 11 is 0. The molecule has 0 saturated heterocycles. The first kappa shape index (κ1) is 22.3. The molecule has 0 spiro atoms. The monoisotopic (exact) mass is 371 g/mol. The van der Waals surface area contributed by atoms with Crippen molar-refractivity contribution in [2.24, 2.45) is 4.74 Å². The predicted octanol–water partition coefficient (Wildman–Crippen LogP) is 6.30. The third-order valence-electron chi connectivity index (χ3n) is 3.47. The lowest BCUT2D eigenvalue weighted by Gasteiger charge is -2.07. The summed E-state index contributed by atoms with van der Waals surface area (Å²) in [6.07, 6.45) is 3.58. The van der Waals surface area contributed by atoms with Gasteiger partial charge in [-0.2, -0.15) is 0 Å². The first-order valence-electron chi connectivity index (χ1n) is 9.72. The third-order valence-corrected chi connectivity index (χ3v) is 4.33. The Labute approximate surface area is 161 Å². The van der Waals surface area contributed by atoms with E-state index in [2.05, 4.69) is 91.6 Å². The van der Waals surface area contributed by atoms with Gasteiger partial charge in [-0.05, 0) is 69.3 Å². The first-order valence-corrected chi connectivity index (χ1v) is 10.6. The molecule has 0 radical (unpaired) electrons. The Morgan fingerprint density at radius 3 is 2.12 bits per heavy atom. The Bertz CT molecular complexity index is 606. The van der Waals surface area contributed by atoms with Crippen LogP contribution in [-0.4, -0.2) is 19.6 Å². The molecule has 0 aliphatic rings. The lowest BCUT2D eigenvalue weighted by molar-refractivity contribution is 0.652. The van der Waals surface area contributed by atoms with Crippen LogP contribution in [0.15, 0.2) is 53.3 Å². The van der Waals surface area contributed by atoms with E-state index in [0.717, 1.165) is 45.8 Å². The molecule has 2 N–H and O–H groups in total. The van der Waals surface area contributed by atoms with Crippen molar-refractivity contribution in [3.05, 3.63) is 54.1 Å². The quantitative estimate of drug-likeness (QED) is 0.401. The SMILES string of the molecule is CCC.CCCNCCCNc1ccc(N=Pc2ccc(C)cc2)cc1. The van der Waals surface area contributed by atoms with Crippen LogP contribution < -0.4 is 15.9 Å². The summed E-state index contributed by atoms with van der Waals surface area (Å²) in [5.74, 6) is 0. The average Bonchev–Trinajstić information content (AvgIpc) is 2.66. The maximum Gasteiger partial charge on any atom is 0.0681 e. The lowest BCUT2D eigenvalue weighted by atomic mass is 10.2. The number of nitrogens with zero attached hydrogens (tertiary/aromatic N) is 1. The van der Waals surface area contributed by atoms with Crippen molar-refractivity contribution in [3.8, 4) is 0 Å². The Balaban J connectivity index is 0.00000105. The Morgan fingerprint density at radius 1 is 0.846 bits per heavy atom. The molecule has 2 rings (SSSR count). The van der Waals surface area contributed by atoms with Crippen LogP contribution in [0.4, 0.5) is 11.4 Å². The van der Waals surface area contributed by atoms with Crippen LogP contribution in [0.25, 0.3) is 0 Å². The molecule has 142 valence electrons. The number of hydrogen-bond donors (Lipinski definition) is 2. The molecule has 4 heteroatoms. The van der Waals surface area contributed by atoms with Crippen LogP contribution in [0, 0.1) is 6.92 Å². The third kappa shape index (κ3) is 10.3. The van der Waals surface area contributed by atoms with Crippen molar-refractivity contribution in [1.29, 1.82) is 0 Å². The Kier molecular flexibility index (Phi) is 12.4. The molecule has 0 fully saturated rings. The van der Waals surface area contributed by atoms with E-state index >= 15 is 0 Å². The minimum Gasteiger partial charge on any atom is -0.385 e. The zero-order valence-electron chi connectivity index (χ0n) is 16.8. The van der Waals surface area contributed by atoms with E-state index in [0.29, 0.717) is 0 Å². The largest absolute Gasteiger partial charge is 0.385 e. The summed E-state index contributed by atoms with van der Waals surface area (Å²) < 4.78 is 4.61. The molecule has 0 aromatic heterocycles. The minimum atomic E-state index is 0.993. The van der Waals surface area contributed by atoms with Crippen molar-refractivity contribution in [2.75, 3.05) is 25.0 Å². The molecular formula is C22H34N3P. The van der Waals surface area contributed by atoms with Gasteiger partial charge in [0.05, 0.1) is 5.69 Å². The summed E-state index contributed by atoms with van der Waals surface area (Å²) in [5.41, 5.74) is 3.46. The predicted molar refractivity (Wildman–Crippen MR) is 118 cm³/mol. The molecule has 0 amide bonds. The highest BCUT2D eigenvalue weighted by atomic mass is 31.1. The van der Waals surface area contributed by atoms with Gasteiger partial charge in [-0.3, -0.25) is 0 Å². The van der Waals surface area contributed by atoms with E-state index in [1.165, 1.54) is 23.7 Å². The second kappa shape index (κ2) is 14.5. The fraction of sp³-hybridized carbons (Fsp3) is 0.455. The highest BCUT2D eigenvalue weighted by Gasteiger charge is 1.94. The van der Waals surface area contributed by atoms with Gasteiger partial charge in [0.15, 0.2) is 0 Å². The molecule has 0 saturated carbocycles. The summed E-state index contributed by atoms with van der Waals surface area (Å²) in [7, 11) is 0.993. The smallest absolute Gasteiger partial charge is 0.0681 e. The molecule has 26 heavy (non-hydrogen) atoms. The number of hydrogen-bond acceptors (Lipinski definition) is 3. The number of anilines is 1. The van der Waals surface area contributed by atoms with Gasteiger partial charge in [0, 0.05) is 25.9 Å². The minimum absolute atomic E-state index is 0.993. The number of benzene rings is 2. The number of aryl methyl sites for hydroxylation is 1. The fourth-order valence-electron chi connectivity index (χ4n) is 2.12. The molecule has 2 aromatic rings. The van der Waals surface area contributed by atoms with Crippen LogP contribution in [-0.2, 0) is 0 Å². The standard InChI is InChI=1S/C19H26N3P.C3H8/c1-3-13-20-14-4-15-21-17-7-9-18(10-8-17)22-23-19-11-5-16(2)6-12-19;1-3-2/h5-12,20-21H,3-4,13-15H2,1-2H3;3H2,1-2H3. The fourth-order valence-corrected chi connectivity index (χ4v) is 2.77. The number of nitrogens with one attached hydrogen (secondary N) is 2. The van der Waals surface area contributed by atoms with Crippen LogP contribution in [0.3, 0.4) is 0 Å². The maximum absolute atomic E-state index is 4.61. The summed E-state index contributed by atoms with van der Waals surface area (Å²) in [6, 6.07) is 16.8. The summed E-state index contributed by atoms with van der Waals surface area (Å²) in [6.45, 7) is 11.7. The molecule has 0 aliphatic carbocycles. The van der Waals surface area contributed by atoms with Gasteiger partial charge in [-0.15, -0.1) is 0 Å². The van der Waals surface area contributed by atoms with Crippen LogP contribution in [0.1, 0.15) is 45.6 Å². The van der Waals surface area contributed by atoms with E-state index in [-0.39, 0.29) is 0 Å². The normalized spacial score (nSPS) is 10.5. The molecule has 0 unspecified atom stereocenters. The molecule has 3 nitrogen and oxygen atoms in total. The summed E-state index contributed by atoms with van der Waals surface area (Å²) in [5, 5.41) is 8.07. The number of rotatable bonds is 9. The van der Waals surface area contributed by atoms with E-state index in [1.54, 1.807) is 0 Å². The van der Waals surface area contributed by atoms with Crippen molar-refractivity contribution >= 4 is 25.1 Å². The Morgan fingerprint density at radius 2 is 1.50 bits per heavy atom. The second-order valence-electron chi connectivity index (χ2n) is 6.32. The van der Waals surface area contributed by atoms with Crippen molar-refractivity contribution in [3.63, 3.8) is 0 Å². The molecule has 0 atom stereocenters. The van der Waals surface area contributed by atoms with E-state index < -0.39 is 0 Å². The van der Waals surface area contributed by atoms with Gasteiger partial charge in [-0.25, -0.2) is 4.74 Å². The lowest BCUT2D eigenvalue weighted by Crippen LogP contribution is -2.18. The van der Waals surface area contributed by atoms with Crippen molar-refractivity contribution in [2.45, 2.75) is 47.0 Å². The van der Waals surface area contributed by atoms with E-state index in [9.17, 15) is 0 Å². The van der Waals surface area contributed by atoms with Crippen LogP contribution in [0.2, 0.25) is 0 Å². The van der Waals surface area contributed by atoms with E-state index in [1.807, 2.05) is 0 Å². The maximum atomic E-state index is 4.61. The summed E-state index contributed by atoms with van der Waals surface area (Å²) in [4.78, 5) is 0. The highest BCUT2D eigenvalue weighted by Crippen LogP contribution is 2.20. The van der Waals surface area contributed by atoms with Gasteiger partial charge < -0.3 is 10.6 Å². The first-order chi connectivity index (χ1) is 12.7. The van der Waals surface area contributed by atoms with Gasteiger partial charge in [0.25, 0.3) is 0 Å². The zero-order chi connectivity index (χ0) is 19.0. The van der Waals surface area contributed by atoms with Gasteiger partial charge in [-0.1, -0.05) is 44.9 Å². The van der Waals surface area contributed by atoms with Crippen molar-refractivity contribution < 1.29 is 0 Å². The molecule has 0 heterocycles. The highest BCUT2D eigenvalue weighted by molar-refractivity contribution is 7.37. The molecule has 2 aromatic carbocycles. The Hall–Kier alpha value is -1.70. The zero-order valence-corrected chi connectivity index (χ0v) is 17.7.